The Morgan fingerprint density at radius 2 is 2.40 bits per heavy atom. The Labute approximate surface area is 86.3 Å². The molecule has 78 valence electrons. The van der Waals surface area contributed by atoms with E-state index in [9.17, 15) is 4.79 Å². The lowest BCUT2D eigenvalue weighted by molar-refractivity contribution is 0.249. The molecule has 5 heteroatoms. The molecule has 0 radical (unpaired) electrons. The van der Waals surface area contributed by atoms with E-state index >= 15 is 0 Å². The Balaban J connectivity index is 2.04. The summed E-state index contributed by atoms with van der Waals surface area (Å²) in [6.45, 7) is 0.523. The number of rotatable bonds is 3. The molecule has 0 atom stereocenters. The van der Waals surface area contributed by atoms with Crippen molar-refractivity contribution in [2.45, 2.75) is 6.42 Å². The predicted octanol–water partition coefficient (Wildman–Crippen LogP) is 1.04. The van der Waals surface area contributed by atoms with Crippen LogP contribution in [0, 0.1) is 0 Å². The van der Waals surface area contributed by atoms with Gasteiger partial charge >= 0.3 is 6.03 Å². The van der Waals surface area contributed by atoms with Gasteiger partial charge in [0.2, 0.25) is 0 Å². The number of nitrogens with zero attached hydrogens (tertiary/aromatic N) is 1. The minimum absolute atomic E-state index is 0.504. The number of benzene rings is 1. The summed E-state index contributed by atoms with van der Waals surface area (Å²) in [4.78, 5) is 14.5. The van der Waals surface area contributed by atoms with E-state index in [0.717, 1.165) is 23.1 Å². The maximum Gasteiger partial charge on any atom is 0.312 e. The minimum atomic E-state index is -0.504. The first-order valence-electron chi connectivity index (χ1n) is 4.61. The molecule has 0 unspecified atom stereocenters. The number of carbonyl (C=O) groups is 1. The third-order valence-corrected chi connectivity index (χ3v) is 2.11. The van der Waals surface area contributed by atoms with Gasteiger partial charge < -0.3 is 15.5 Å². The topological polar surface area (TPSA) is 81.2 Å². The first-order chi connectivity index (χ1) is 7.25. The van der Waals surface area contributed by atoms with E-state index in [4.69, 9.17) is 10.2 Å². The number of urea groups is 1. The second-order valence-corrected chi connectivity index (χ2v) is 3.20. The van der Waals surface area contributed by atoms with Gasteiger partial charge in [0.1, 0.15) is 5.52 Å². The van der Waals surface area contributed by atoms with E-state index in [1.165, 1.54) is 6.39 Å². The van der Waals surface area contributed by atoms with Gasteiger partial charge in [0.25, 0.3) is 0 Å². The molecule has 1 aromatic carbocycles. The number of hydrogen-bond donors (Lipinski definition) is 2. The molecule has 2 aromatic rings. The van der Waals surface area contributed by atoms with Gasteiger partial charge in [-0.15, -0.1) is 0 Å². The number of fused-ring (bicyclic) bond motifs is 1. The number of aromatic nitrogens is 1. The maximum absolute atomic E-state index is 10.4. The molecular formula is C10H11N3O2. The van der Waals surface area contributed by atoms with Crippen molar-refractivity contribution in [2.75, 3.05) is 6.54 Å². The highest BCUT2D eigenvalue weighted by molar-refractivity contribution is 5.73. The molecular weight excluding hydrogens is 194 g/mol. The summed E-state index contributed by atoms with van der Waals surface area (Å²) in [5, 5.41) is 2.53. The summed E-state index contributed by atoms with van der Waals surface area (Å²) in [6.07, 6.45) is 2.13. The fraction of sp³-hybridized carbons (Fsp3) is 0.200. The van der Waals surface area contributed by atoms with Gasteiger partial charge in [-0.05, 0) is 24.1 Å². The van der Waals surface area contributed by atoms with Crippen LogP contribution in [-0.2, 0) is 6.42 Å². The number of hydrogen-bond acceptors (Lipinski definition) is 3. The number of amides is 2. The first-order valence-corrected chi connectivity index (χ1v) is 4.61. The lowest BCUT2D eigenvalue weighted by Crippen LogP contribution is -2.30. The highest BCUT2D eigenvalue weighted by Crippen LogP contribution is 2.14. The summed E-state index contributed by atoms with van der Waals surface area (Å²) in [7, 11) is 0. The molecule has 0 aliphatic carbocycles. The molecule has 0 aliphatic heterocycles. The third-order valence-electron chi connectivity index (χ3n) is 2.11. The Hall–Kier alpha value is -2.04. The summed E-state index contributed by atoms with van der Waals surface area (Å²) < 4.78 is 5.16. The van der Waals surface area contributed by atoms with E-state index < -0.39 is 6.03 Å². The third kappa shape index (κ3) is 2.25. The molecule has 2 amide bonds. The smallest absolute Gasteiger partial charge is 0.312 e. The molecule has 1 heterocycles. The normalized spacial score (nSPS) is 10.4. The van der Waals surface area contributed by atoms with Crippen LogP contribution in [0.5, 0.6) is 0 Å². The molecule has 2 rings (SSSR count). The van der Waals surface area contributed by atoms with Gasteiger partial charge in [-0.2, -0.15) is 0 Å². The zero-order valence-electron chi connectivity index (χ0n) is 8.06. The van der Waals surface area contributed by atoms with Crippen molar-refractivity contribution in [3.05, 3.63) is 30.2 Å². The SMILES string of the molecule is NC(=O)NCCc1ccc2ncoc2c1. The van der Waals surface area contributed by atoms with E-state index in [-0.39, 0.29) is 0 Å². The molecule has 3 N–H and O–H groups in total. The molecule has 0 saturated carbocycles. The van der Waals surface area contributed by atoms with Crippen molar-refractivity contribution in [3.63, 3.8) is 0 Å². The van der Waals surface area contributed by atoms with Crippen LogP contribution in [0.15, 0.2) is 29.0 Å². The van der Waals surface area contributed by atoms with Crippen molar-refractivity contribution in [1.82, 2.24) is 10.3 Å². The number of carbonyl (C=O) groups excluding carboxylic acids is 1. The maximum atomic E-state index is 10.4. The van der Waals surface area contributed by atoms with E-state index in [2.05, 4.69) is 10.3 Å². The summed E-state index contributed by atoms with van der Waals surface area (Å²) >= 11 is 0. The van der Waals surface area contributed by atoms with Crippen LogP contribution in [0.2, 0.25) is 0 Å². The van der Waals surface area contributed by atoms with Crippen molar-refractivity contribution in [3.8, 4) is 0 Å². The van der Waals surface area contributed by atoms with Crippen LogP contribution in [-0.4, -0.2) is 17.6 Å². The monoisotopic (exact) mass is 205 g/mol. The van der Waals surface area contributed by atoms with Crippen molar-refractivity contribution in [1.29, 1.82) is 0 Å². The summed E-state index contributed by atoms with van der Waals surface area (Å²) in [5.74, 6) is 0. The predicted molar refractivity (Wildman–Crippen MR) is 55.3 cm³/mol. The van der Waals surface area contributed by atoms with Crippen LogP contribution in [0.1, 0.15) is 5.56 Å². The summed E-state index contributed by atoms with van der Waals surface area (Å²) in [6, 6.07) is 5.24. The fourth-order valence-electron chi connectivity index (χ4n) is 1.39. The number of nitrogens with two attached hydrogens (primary N) is 1. The standard InChI is InChI=1S/C10H11N3O2/c11-10(14)12-4-3-7-1-2-8-9(5-7)15-6-13-8/h1-2,5-6H,3-4H2,(H3,11,12,14). The second kappa shape index (κ2) is 4.00. The van der Waals surface area contributed by atoms with E-state index in [0.29, 0.717) is 6.54 Å². The molecule has 0 bridgehead atoms. The van der Waals surface area contributed by atoms with Crippen molar-refractivity contribution >= 4 is 17.1 Å². The van der Waals surface area contributed by atoms with Gasteiger partial charge in [0.05, 0.1) is 0 Å². The fourth-order valence-corrected chi connectivity index (χ4v) is 1.39. The van der Waals surface area contributed by atoms with E-state index in [1.54, 1.807) is 0 Å². The highest BCUT2D eigenvalue weighted by atomic mass is 16.3. The first kappa shape index (κ1) is 9.51. The van der Waals surface area contributed by atoms with Gasteiger partial charge in [-0.3, -0.25) is 0 Å². The molecule has 0 spiro atoms. The van der Waals surface area contributed by atoms with Gasteiger partial charge in [0.15, 0.2) is 12.0 Å². The lowest BCUT2D eigenvalue weighted by atomic mass is 10.1. The van der Waals surface area contributed by atoms with E-state index in [1.807, 2.05) is 18.2 Å². The minimum Gasteiger partial charge on any atom is -0.443 e. The molecule has 0 saturated heterocycles. The highest BCUT2D eigenvalue weighted by Gasteiger charge is 2.00. The Kier molecular flexibility index (Phi) is 2.53. The number of nitrogens with one attached hydrogen (secondary N) is 1. The quantitative estimate of drug-likeness (QED) is 0.785. The largest absolute Gasteiger partial charge is 0.443 e. The molecule has 1 aromatic heterocycles. The zero-order valence-corrected chi connectivity index (χ0v) is 8.06. The molecule has 0 fully saturated rings. The van der Waals surface area contributed by atoms with Gasteiger partial charge in [-0.1, -0.05) is 6.07 Å². The average molecular weight is 205 g/mol. The summed E-state index contributed by atoms with van der Waals surface area (Å²) in [5.41, 5.74) is 7.62. The van der Waals surface area contributed by atoms with Gasteiger partial charge in [0, 0.05) is 6.54 Å². The average Bonchev–Trinajstić information content (AvgIpc) is 2.64. The molecule has 15 heavy (non-hydrogen) atoms. The van der Waals surface area contributed by atoms with Crippen LogP contribution in [0.25, 0.3) is 11.1 Å². The van der Waals surface area contributed by atoms with Crippen molar-refractivity contribution < 1.29 is 9.21 Å². The Morgan fingerprint density at radius 3 is 3.20 bits per heavy atom. The number of oxazole rings is 1. The molecule has 5 nitrogen and oxygen atoms in total. The van der Waals surface area contributed by atoms with Crippen molar-refractivity contribution in [2.24, 2.45) is 5.73 Å². The zero-order chi connectivity index (χ0) is 10.7. The lowest BCUT2D eigenvalue weighted by Gasteiger charge is -2.01. The van der Waals surface area contributed by atoms with Crippen LogP contribution >= 0.6 is 0 Å². The van der Waals surface area contributed by atoms with Crippen LogP contribution in [0.3, 0.4) is 0 Å². The Morgan fingerprint density at radius 1 is 1.53 bits per heavy atom. The Bertz CT molecular complexity index is 478. The van der Waals surface area contributed by atoms with Crippen LogP contribution < -0.4 is 11.1 Å². The van der Waals surface area contributed by atoms with Crippen LogP contribution in [0.4, 0.5) is 4.79 Å². The molecule has 0 aliphatic rings. The van der Waals surface area contributed by atoms with Gasteiger partial charge in [-0.25, -0.2) is 9.78 Å². The number of primary amides is 1. The second-order valence-electron chi connectivity index (χ2n) is 3.20.